The summed E-state index contributed by atoms with van der Waals surface area (Å²) in [5.74, 6) is 0. The summed E-state index contributed by atoms with van der Waals surface area (Å²) in [4.78, 5) is 6.87. The minimum Gasteiger partial charge on any atom is -0.352 e. The molecule has 26 heavy (non-hydrogen) atoms. The van der Waals surface area contributed by atoms with Crippen LogP contribution >= 0.6 is 12.2 Å². The van der Waals surface area contributed by atoms with Crippen molar-refractivity contribution in [3.8, 4) is 5.69 Å². The molecule has 0 saturated carbocycles. The highest BCUT2D eigenvalue weighted by molar-refractivity contribution is 7.80. The van der Waals surface area contributed by atoms with Crippen LogP contribution in [0, 0.1) is 0 Å². The van der Waals surface area contributed by atoms with Gasteiger partial charge in [0.2, 0.25) is 0 Å². The first-order chi connectivity index (χ1) is 12.7. The van der Waals surface area contributed by atoms with Crippen LogP contribution < -0.4 is 5.32 Å². The summed E-state index contributed by atoms with van der Waals surface area (Å²) < 4.78 is 2.24. The second-order valence-electron chi connectivity index (χ2n) is 6.77. The zero-order valence-electron chi connectivity index (χ0n) is 14.9. The van der Waals surface area contributed by atoms with Crippen LogP contribution in [0.4, 0.5) is 0 Å². The van der Waals surface area contributed by atoms with Gasteiger partial charge >= 0.3 is 0 Å². The molecule has 0 unspecified atom stereocenters. The molecule has 4 nitrogen and oxygen atoms in total. The number of aromatic nitrogens is 2. The molecule has 0 radical (unpaired) electrons. The van der Waals surface area contributed by atoms with Crippen molar-refractivity contribution in [1.29, 1.82) is 0 Å². The van der Waals surface area contributed by atoms with Crippen LogP contribution in [-0.4, -0.2) is 25.6 Å². The van der Waals surface area contributed by atoms with Crippen molar-refractivity contribution in [2.24, 2.45) is 0 Å². The second-order valence-corrected chi connectivity index (χ2v) is 7.15. The summed E-state index contributed by atoms with van der Waals surface area (Å²) in [5.41, 5.74) is 3.35. The normalized spacial score (nSPS) is 19.8. The fraction of sp³-hybridized carbons (Fsp3) is 0.238. The molecule has 3 aromatic rings. The van der Waals surface area contributed by atoms with E-state index < -0.39 is 0 Å². The number of benzene rings is 1. The maximum atomic E-state index is 5.68. The van der Waals surface area contributed by atoms with Crippen molar-refractivity contribution in [3.05, 3.63) is 84.4 Å². The number of pyridine rings is 1. The lowest BCUT2D eigenvalue weighted by atomic mass is 10.0. The Morgan fingerprint density at radius 2 is 1.77 bits per heavy atom. The minimum absolute atomic E-state index is 0.0171. The van der Waals surface area contributed by atoms with E-state index in [0.717, 1.165) is 16.5 Å². The van der Waals surface area contributed by atoms with Gasteiger partial charge < -0.3 is 14.8 Å². The molecule has 1 N–H and O–H groups in total. The zero-order chi connectivity index (χ0) is 18.1. The van der Waals surface area contributed by atoms with Gasteiger partial charge in [-0.2, -0.15) is 0 Å². The first kappa shape index (κ1) is 16.8. The lowest BCUT2D eigenvalue weighted by molar-refractivity contribution is 0.262. The molecule has 3 heterocycles. The first-order valence-corrected chi connectivity index (χ1v) is 9.30. The first-order valence-electron chi connectivity index (χ1n) is 8.89. The van der Waals surface area contributed by atoms with Gasteiger partial charge in [-0.05, 0) is 62.5 Å². The molecule has 1 saturated heterocycles. The molecule has 0 amide bonds. The number of hydrogen-bond acceptors (Lipinski definition) is 2. The fourth-order valence-corrected chi connectivity index (χ4v) is 4.15. The fourth-order valence-electron chi connectivity index (χ4n) is 3.70. The van der Waals surface area contributed by atoms with Crippen molar-refractivity contribution in [2.45, 2.75) is 32.0 Å². The lowest BCUT2D eigenvalue weighted by Crippen LogP contribution is -2.36. The molecule has 2 aromatic heterocycles. The van der Waals surface area contributed by atoms with Crippen LogP contribution in [0.5, 0.6) is 0 Å². The van der Waals surface area contributed by atoms with E-state index in [-0.39, 0.29) is 18.1 Å². The standard InChI is InChI=1S/C21H22N4S/c1-15(2)25-20(19(23-21(25)26)17-11-6-7-13-22-17)18-12-8-14-24(18)16-9-4-3-5-10-16/h3-15,19-20H,1-2H3,(H,23,26)/t19-,20+/m1/s1. The van der Waals surface area contributed by atoms with Crippen molar-refractivity contribution in [1.82, 2.24) is 19.8 Å². The topological polar surface area (TPSA) is 33.1 Å². The summed E-state index contributed by atoms with van der Waals surface area (Å²) >= 11 is 5.68. The average molecular weight is 363 g/mol. The maximum Gasteiger partial charge on any atom is 0.170 e. The molecule has 1 aliphatic rings. The third kappa shape index (κ3) is 2.88. The molecule has 132 valence electrons. The summed E-state index contributed by atoms with van der Waals surface area (Å²) in [6, 6.07) is 21.1. The largest absolute Gasteiger partial charge is 0.352 e. The smallest absolute Gasteiger partial charge is 0.170 e. The van der Waals surface area contributed by atoms with Gasteiger partial charge in [0.15, 0.2) is 5.11 Å². The number of thiocarbonyl (C=S) groups is 1. The summed E-state index contributed by atoms with van der Waals surface area (Å²) in [6.07, 6.45) is 3.95. The molecular weight excluding hydrogens is 340 g/mol. The van der Waals surface area contributed by atoms with Crippen LogP contribution in [0.15, 0.2) is 73.1 Å². The van der Waals surface area contributed by atoms with E-state index in [2.05, 4.69) is 82.3 Å². The van der Waals surface area contributed by atoms with E-state index in [1.54, 1.807) is 0 Å². The molecule has 0 aliphatic carbocycles. The van der Waals surface area contributed by atoms with Crippen LogP contribution in [0.3, 0.4) is 0 Å². The van der Waals surface area contributed by atoms with Gasteiger partial charge in [-0.25, -0.2) is 0 Å². The highest BCUT2D eigenvalue weighted by Gasteiger charge is 2.42. The molecule has 2 atom stereocenters. The minimum atomic E-state index is 0.0171. The number of nitrogens with zero attached hydrogens (tertiary/aromatic N) is 3. The number of rotatable bonds is 4. The molecule has 0 bridgehead atoms. The van der Waals surface area contributed by atoms with Gasteiger partial charge in [0.05, 0.1) is 17.8 Å². The highest BCUT2D eigenvalue weighted by atomic mass is 32.1. The molecule has 5 heteroatoms. The monoisotopic (exact) mass is 362 g/mol. The van der Waals surface area contributed by atoms with E-state index in [0.29, 0.717) is 0 Å². The molecule has 0 spiro atoms. The van der Waals surface area contributed by atoms with Crippen LogP contribution in [-0.2, 0) is 0 Å². The molecule has 4 rings (SSSR count). The third-order valence-electron chi connectivity index (χ3n) is 4.81. The van der Waals surface area contributed by atoms with Gasteiger partial charge in [-0.15, -0.1) is 0 Å². The summed E-state index contributed by atoms with van der Waals surface area (Å²) in [5, 5.41) is 4.28. The summed E-state index contributed by atoms with van der Waals surface area (Å²) in [6.45, 7) is 4.36. The average Bonchev–Trinajstić information content (AvgIpc) is 3.27. The van der Waals surface area contributed by atoms with Gasteiger partial charge in [0.1, 0.15) is 0 Å². The van der Waals surface area contributed by atoms with E-state index >= 15 is 0 Å². The Morgan fingerprint density at radius 3 is 2.46 bits per heavy atom. The Bertz CT molecular complexity index is 889. The molecular formula is C21H22N4S. The van der Waals surface area contributed by atoms with Crippen molar-refractivity contribution in [3.63, 3.8) is 0 Å². The van der Waals surface area contributed by atoms with Crippen LogP contribution in [0.2, 0.25) is 0 Å². The molecule has 1 fully saturated rings. The Kier molecular flexibility index (Phi) is 4.47. The number of nitrogens with one attached hydrogen (secondary N) is 1. The Labute approximate surface area is 159 Å². The third-order valence-corrected chi connectivity index (χ3v) is 5.14. The zero-order valence-corrected chi connectivity index (χ0v) is 15.7. The van der Waals surface area contributed by atoms with E-state index in [1.165, 1.54) is 5.69 Å². The van der Waals surface area contributed by atoms with Crippen molar-refractivity contribution in [2.75, 3.05) is 0 Å². The van der Waals surface area contributed by atoms with Crippen molar-refractivity contribution < 1.29 is 0 Å². The summed E-state index contributed by atoms with van der Waals surface area (Å²) in [7, 11) is 0. The Balaban J connectivity index is 1.83. The second kappa shape index (κ2) is 6.92. The van der Waals surface area contributed by atoms with Gasteiger partial charge in [-0.3, -0.25) is 4.98 Å². The van der Waals surface area contributed by atoms with Gasteiger partial charge in [0.25, 0.3) is 0 Å². The van der Waals surface area contributed by atoms with Gasteiger partial charge in [-0.1, -0.05) is 24.3 Å². The Morgan fingerprint density at radius 1 is 1.00 bits per heavy atom. The number of para-hydroxylation sites is 1. The van der Waals surface area contributed by atoms with E-state index in [4.69, 9.17) is 12.2 Å². The van der Waals surface area contributed by atoms with E-state index in [9.17, 15) is 0 Å². The predicted molar refractivity (Wildman–Crippen MR) is 108 cm³/mol. The predicted octanol–water partition coefficient (Wildman–Crippen LogP) is 4.25. The lowest BCUT2D eigenvalue weighted by Gasteiger charge is -2.31. The van der Waals surface area contributed by atoms with Crippen molar-refractivity contribution >= 4 is 17.3 Å². The SMILES string of the molecule is CC(C)N1C(=S)N[C@H](c2ccccn2)[C@@H]1c1cccn1-c1ccccc1. The number of hydrogen-bond donors (Lipinski definition) is 1. The van der Waals surface area contributed by atoms with Crippen LogP contribution in [0.25, 0.3) is 5.69 Å². The maximum absolute atomic E-state index is 5.68. The molecule has 1 aliphatic heterocycles. The van der Waals surface area contributed by atoms with E-state index in [1.807, 2.05) is 24.4 Å². The van der Waals surface area contributed by atoms with Gasteiger partial charge in [0, 0.05) is 29.8 Å². The highest BCUT2D eigenvalue weighted by Crippen LogP contribution is 2.40. The quantitative estimate of drug-likeness (QED) is 0.703. The van der Waals surface area contributed by atoms with Crippen LogP contribution in [0.1, 0.15) is 37.3 Å². The molecule has 1 aromatic carbocycles. The Hall–Kier alpha value is -2.66.